The quantitative estimate of drug-likeness (QED) is 0.656. The molecule has 1 aromatic carbocycles. The second-order valence-corrected chi connectivity index (χ2v) is 6.59. The number of aryl methyl sites for hydroxylation is 1. The summed E-state index contributed by atoms with van der Waals surface area (Å²) in [5.41, 5.74) is 1.05. The first-order chi connectivity index (χ1) is 13.3. The van der Waals surface area contributed by atoms with Crippen molar-refractivity contribution in [1.82, 2.24) is 19.6 Å². The zero-order valence-electron chi connectivity index (χ0n) is 15.1. The Morgan fingerprint density at radius 3 is 2.75 bits per heavy atom. The fourth-order valence-electron chi connectivity index (χ4n) is 2.53. The molecule has 2 aromatic heterocycles. The van der Waals surface area contributed by atoms with Crippen molar-refractivity contribution in [3.05, 3.63) is 64.3 Å². The average molecular weight is 406 g/mol. The van der Waals surface area contributed by atoms with Gasteiger partial charge in [-0.15, -0.1) is 0 Å². The SMILES string of the molecule is Cc1cc(NC(=O)c2ccn(C(C)C(=O)O)n2)nn1Cc1c(F)cccc1Cl. The topological polar surface area (TPSA) is 102 Å². The highest BCUT2D eigenvalue weighted by atomic mass is 35.5. The number of carbonyl (C=O) groups excluding carboxylic acids is 1. The standard InChI is InChI=1S/C18H17ClFN5O3/c1-10-8-16(23-25(10)9-12-13(19)4-3-5-14(12)20)21-17(26)15-6-7-24(22-15)11(2)18(27)28/h3-8,11H,9H2,1-2H3,(H,27,28)(H,21,23,26). The van der Waals surface area contributed by atoms with Gasteiger partial charge < -0.3 is 10.4 Å². The number of nitrogens with zero attached hydrogens (tertiary/aromatic N) is 4. The maximum atomic E-state index is 14.0. The summed E-state index contributed by atoms with van der Waals surface area (Å²) in [6, 6.07) is 6.58. The molecule has 0 saturated heterocycles. The Kier molecular flexibility index (Phi) is 5.46. The number of hydrogen-bond acceptors (Lipinski definition) is 4. The lowest BCUT2D eigenvalue weighted by Crippen LogP contribution is -2.18. The van der Waals surface area contributed by atoms with Crippen LogP contribution in [0.1, 0.15) is 34.7 Å². The van der Waals surface area contributed by atoms with Crippen molar-refractivity contribution < 1.29 is 19.1 Å². The first-order valence-corrected chi connectivity index (χ1v) is 8.70. The minimum Gasteiger partial charge on any atom is -0.480 e. The predicted octanol–water partition coefficient (Wildman–Crippen LogP) is 3.13. The number of aliphatic carboxylic acids is 1. The van der Waals surface area contributed by atoms with Crippen molar-refractivity contribution in [1.29, 1.82) is 0 Å². The maximum Gasteiger partial charge on any atom is 0.328 e. The monoisotopic (exact) mass is 405 g/mol. The molecule has 1 amide bonds. The lowest BCUT2D eigenvalue weighted by atomic mass is 10.2. The molecule has 0 radical (unpaired) electrons. The molecule has 3 rings (SSSR count). The average Bonchev–Trinajstić information content (AvgIpc) is 3.25. The summed E-state index contributed by atoms with van der Waals surface area (Å²) in [7, 11) is 0. The third-order valence-electron chi connectivity index (χ3n) is 4.19. The van der Waals surface area contributed by atoms with Crippen LogP contribution in [0, 0.1) is 12.7 Å². The summed E-state index contributed by atoms with van der Waals surface area (Å²) in [6.07, 6.45) is 1.41. The van der Waals surface area contributed by atoms with Gasteiger partial charge in [-0.2, -0.15) is 10.2 Å². The van der Waals surface area contributed by atoms with E-state index in [-0.39, 0.29) is 18.1 Å². The van der Waals surface area contributed by atoms with Crippen LogP contribution in [0.3, 0.4) is 0 Å². The minimum atomic E-state index is -1.06. The number of anilines is 1. The van der Waals surface area contributed by atoms with Crippen LogP contribution in [0.5, 0.6) is 0 Å². The van der Waals surface area contributed by atoms with Crippen molar-refractivity contribution in [2.75, 3.05) is 5.32 Å². The van der Waals surface area contributed by atoms with Crippen LogP contribution >= 0.6 is 11.6 Å². The molecular weight excluding hydrogens is 389 g/mol. The second-order valence-electron chi connectivity index (χ2n) is 6.18. The summed E-state index contributed by atoms with van der Waals surface area (Å²) in [5, 5.41) is 20.1. The van der Waals surface area contributed by atoms with Crippen molar-refractivity contribution in [3.63, 3.8) is 0 Å². The Hall–Kier alpha value is -3.20. The number of halogens is 2. The van der Waals surface area contributed by atoms with Gasteiger partial charge in [-0.3, -0.25) is 14.2 Å². The fraction of sp³-hybridized carbons (Fsp3) is 0.222. The van der Waals surface area contributed by atoms with Crippen LogP contribution in [-0.4, -0.2) is 36.5 Å². The van der Waals surface area contributed by atoms with Gasteiger partial charge in [0.1, 0.15) is 11.9 Å². The smallest absolute Gasteiger partial charge is 0.328 e. The summed E-state index contributed by atoms with van der Waals surface area (Å²) in [4.78, 5) is 23.3. The predicted molar refractivity (Wildman–Crippen MR) is 100 cm³/mol. The first-order valence-electron chi connectivity index (χ1n) is 8.33. The van der Waals surface area contributed by atoms with Crippen LogP contribution in [-0.2, 0) is 11.3 Å². The molecule has 0 spiro atoms. The third kappa shape index (κ3) is 4.04. The molecule has 146 valence electrons. The first kappa shape index (κ1) is 19.6. The van der Waals surface area contributed by atoms with E-state index in [1.807, 2.05) is 0 Å². The van der Waals surface area contributed by atoms with Crippen LogP contribution in [0.2, 0.25) is 5.02 Å². The largest absolute Gasteiger partial charge is 0.480 e. The summed E-state index contributed by atoms with van der Waals surface area (Å²) in [6.45, 7) is 3.33. The maximum absolute atomic E-state index is 14.0. The van der Waals surface area contributed by atoms with Gasteiger partial charge in [-0.1, -0.05) is 17.7 Å². The number of benzene rings is 1. The Balaban J connectivity index is 1.75. The van der Waals surface area contributed by atoms with Gasteiger partial charge in [0.2, 0.25) is 0 Å². The molecule has 0 aliphatic rings. The highest BCUT2D eigenvalue weighted by molar-refractivity contribution is 6.31. The Morgan fingerprint density at radius 1 is 1.32 bits per heavy atom. The van der Waals surface area contributed by atoms with E-state index in [1.165, 1.54) is 40.7 Å². The Labute approximate surface area is 164 Å². The van der Waals surface area contributed by atoms with Gasteiger partial charge in [-0.05, 0) is 32.0 Å². The molecule has 0 aliphatic carbocycles. The van der Waals surface area contributed by atoms with E-state index in [0.29, 0.717) is 16.3 Å². The number of nitrogens with one attached hydrogen (secondary N) is 1. The van der Waals surface area contributed by atoms with Crippen molar-refractivity contribution in [3.8, 4) is 0 Å². The Bertz CT molecular complexity index is 1030. The molecule has 2 N–H and O–H groups in total. The van der Waals surface area contributed by atoms with E-state index in [2.05, 4.69) is 15.5 Å². The zero-order valence-corrected chi connectivity index (χ0v) is 15.8. The van der Waals surface area contributed by atoms with E-state index in [1.54, 1.807) is 19.1 Å². The summed E-state index contributed by atoms with van der Waals surface area (Å²) < 4.78 is 16.7. The van der Waals surface area contributed by atoms with Gasteiger partial charge >= 0.3 is 5.97 Å². The molecule has 0 saturated carbocycles. The molecule has 2 heterocycles. The van der Waals surface area contributed by atoms with E-state index in [0.717, 1.165) is 0 Å². The van der Waals surface area contributed by atoms with Crippen molar-refractivity contribution in [2.24, 2.45) is 0 Å². The van der Waals surface area contributed by atoms with Gasteiger partial charge in [-0.25, -0.2) is 9.18 Å². The van der Waals surface area contributed by atoms with E-state index >= 15 is 0 Å². The third-order valence-corrected chi connectivity index (χ3v) is 4.54. The number of hydrogen-bond donors (Lipinski definition) is 2. The van der Waals surface area contributed by atoms with Crippen LogP contribution in [0.15, 0.2) is 36.5 Å². The number of carboxylic acids is 1. The second kappa shape index (κ2) is 7.81. The van der Waals surface area contributed by atoms with Crippen LogP contribution in [0.25, 0.3) is 0 Å². The van der Waals surface area contributed by atoms with Crippen LogP contribution < -0.4 is 5.32 Å². The van der Waals surface area contributed by atoms with Crippen molar-refractivity contribution in [2.45, 2.75) is 26.4 Å². The fourth-order valence-corrected chi connectivity index (χ4v) is 2.76. The number of carboxylic acid groups (broad SMARTS) is 1. The molecule has 8 nitrogen and oxygen atoms in total. The van der Waals surface area contributed by atoms with Crippen LogP contribution in [0.4, 0.5) is 10.2 Å². The van der Waals surface area contributed by atoms with Gasteiger partial charge in [0.05, 0.1) is 6.54 Å². The zero-order chi connectivity index (χ0) is 20.4. The molecule has 10 heteroatoms. The lowest BCUT2D eigenvalue weighted by molar-refractivity contribution is -0.140. The highest BCUT2D eigenvalue weighted by Crippen LogP contribution is 2.21. The summed E-state index contributed by atoms with van der Waals surface area (Å²) >= 11 is 6.05. The number of carbonyl (C=O) groups is 2. The molecule has 0 aliphatic heterocycles. The van der Waals surface area contributed by atoms with E-state index in [9.17, 15) is 14.0 Å². The molecule has 1 atom stereocenters. The van der Waals surface area contributed by atoms with Gasteiger partial charge in [0, 0.05) is 28.5 Å². The summed E-state index contributed by atoms with van der Waals surface area (Å²) in [5.74, 6) is -1.77. The van der Waals surface area contributed by atoms with Gasteiger partial charge in [0.25, 0.3) is 5.91 Å². The number of aromatic nitrogens is 4. The molecular formula is C18H17ClFN5O3. The minimum absolute atomic E-state index is 0.0532. The molecule has 28 heavy (non-hydrogen) atoms. The molecule has 0 bridgehead atoms. The number of rotatable bonds is 6. The highest BCUT2D eigenvalue weighted by Gasteiger charge is 2.18. The molecule has 0 fully saturated rings. The normalized spacial score (nSPS) is 12.0. The van der Waals surface area contributed by atoms with E-state index in [4.69, 9.17) is 16.7 Å². The van der Waals surface area contributed by atoms with Crippen molar-refractivity contribution >= 4 is 29.3 Å². The Morgan fingerprint density at radius 2 is 2.07 bits per heavy atom. The molecule has 1 unspecified atom stereocenters. The lowest BCUT2D eigenvalue weighted by Gasteiger charge is -2.07. The number of amides is 1. The molecule has 3 aromatic rings. The van der Waals surface area contributed by atoms with Gasteiger partial charge in [0.15, 0.2) is 11.5 Å². The van der Waals surface area contributed by atoms with E-state index < -0.39 is 23.7 Å².